The quantitative estimate of drug-likeness (QED) is 0.814. The van der Waals surface area contributed by atoms with Crippen LogP contribution in [-0.2, 0) is 0 Å². The molecule has 2 aromatic rings. The van der Waals surface area contributed by atoms with Gasteiger partial charge in [0.1, 0.15) is 11.9 Å². The van der Waals surface area contributed by atoms with E-state index in [1.165, 1.54) is 6.20 Å². The van der Waals surface area contributed by atoms with Crippen molar-refractivity contribution >= 4 is 49.3 Å². The predicted molar refractivity (Wildman–Crippen MR) is 79.6 cm³/mol. The summed E-state index contributed by atoms with van der Waals surface area (Å²) in [5, 5.41) is 10.7. The lowest BCUT2D eigenvalue weighted by molar-refractivity contribution is 0.220. The third kappa shape index (κ3) is 2.85. The van der Waals surface area contributed by atoms with Gasteiger partial charge in [0.2, 0.25) is 0 Å². The van der Waals surface area contributed by atoms with Crippen LogP contribution in [0.5, 0.6) is 0 Å². The number of nitrogen functional groups attached to an aromatic ring is 1. The molecule has 0 radical (unpaired) electrons. The Hall–Kier alpha value is -0.620. The van der Waals surface area contributed by atoms with Crippen molar-refractivity contribution in [2.24, 2.45) is 0 Å². The number of anilines is 1. The number of rotatable bonds is 2. The maximum Gasteiger partial charge on any atom is 0.129 e. The molecular formula is C12H9Br2ClN2O. The van der Waals surface area contributed by atoms with E-state index in [2.05, 4.69) is 36.8 Å². The van der Waals surface area contributed by atoms with E-state index in [4.69, 9.17) is 17.3 Å². The minimum Gasteiger partial charge on any atom is -0.384 e. The Morgan fingerprint density at radius 2 is 1.94 bits per heavy atom. The summed E-state index contributed by atoms with van der Waals surface area (Å²) >= 11 is 12.6. The lowest BCUT2D eigenvalue weighted by Gasteiger charge is -2.14. The van der Waals surface area contributed by atoms with Crippen LogP contribution in [-0.4, -0.2) is 10.1 Å². The van der Waals surface area contributed by atoms with Crippen LogP contribution in [0.1, 0.15) is 17.2 Å². The minimum atomic E-state index is -0.861. The molecule has 0 aliphatic carbocycles. The third-order valence-corrected chi connectivity index (χ3v) is 4.56. The average Bonchev–Trinajstić information content (AvgIpc) is 2.35. The summed E-state index contributed by atoms with van der Waals surface area (Å²) in [5.74, 6) is 0.269. The van der Waals surface area contributed by atoms with E-state index in [1.807, 2.05) is 12.1 Å². The van der Waals surface area contributed by atoms with E-state index in [-0.39, 0.29) is 5.82 Å². The highest BCUT2D eigenvalue weighted by molar-refractivity contribution is 9.13. The average molecular weight is 392 g/mol. The summed E-state index contributed by atoms with van der Waals surface area (Å²) in [6.45, 7) is 0. The fraction of sp³-hybridized carbons (Fsp3) is 0.0833. The molecule has 1 unspecified atom stereocenters. The fourth-order valence-electron chi connectivity index (χ4n) is 1.55. The molecule has 2 rings (SSSR count). The number of benzene rings is 1. The summed E-state index contributed by atoms with van der Waals surface area (Å²) in [7, 11) is 0. The van der Waals surface area contributed by atoms with Crippen LogP contribution in [0.4, 0.5) is 5.82 Å². The zero-order valence-electron chi connectivity index (χ0n) is 9.07. The highest BCUT2D eigenvalue weighted by Crippen LogP contribution is 2.31. The fourth-order valence-corrected chi connectivity index (χ4v) is 2.36. The van der Waals surface area contributed by atoms with Crippen molar-refractivity contribution in [2.75, 3.05) is 5.73 Å². The Bertz CT molecular complexity index is 592. The molecule has 0 amide bonds. The zero-order chi connectivity index (χ0) is 13.3. The van der Waals surface area contributed by atoms with Crippen LogP contribution in [0.25, 0.3) is 0 Å². The van der Waals surface area contributed by atoms with Crippen molar-refractivity contribution in [1.29, 1.82) is 0 Å². The zero-order valence-corrected chi connectivity index (χ0v) is 13.0. The van der Waals surface area contributed by atoms with E-state index in [0.717, 1.165) is 8.95 Å². The van der Waals surface area contributed by atoms with Crippen LogP contribution in [0.2, 0.25) is 5.02 Å². The van der Waals surface area contributed by atoms with Gasteiger partial charge in [-0.2, -0.15) is 0 Å². The smallest absolute Gasteiger partial charge is 0.129 e. The molecule has 6 heteroatoms. The lowest BCUT2D eigenvalue weighted by atomic mass is 10.0. The molecule has 0 bridgehead atoms. The second-order valence-electron chi connectivity index (χ2n) is 3.70. The molecule has 0 saturated carbocycles. The number of aromatic nitrogens is 1. The van der Waals surface area contributed by atoms with Gasteiger partial charge in [-0.3, -0.25) is 0 Å². The molecule has 0 aliphatic rings. The first-order valence-corrected chi connectivity index (χ1v) is 6.99. The van der Waals surface area contributed by atoms with Crippen LogP contribution < -0.4 is 5.73 Å². The first-order valence-electron chi connectivity index (χ1n) is 5.03. The Morgan fingerprint density at radius 1 is 1.22 bits per heavy atom. The molecule has 0 spiro atoms. The van der Waals surface area contributed by atoms with Crippen LogP contribution in [0.3, 0.4) is 0 Å². The summed E-state index contributed by atoms with van der Waals surface area (Å²) in [6.07, 6.45) is 0.588. The van der Waals surface area contributed by atoms with Crippen molar-refractivity contribution in [1.82, 2.24) is 4.98 Å². The molecule has 0 saturated heterocycles. The van der Waals surface area contributed by atoms with Crippen LogP contribution >= 0.6 is 43.5 Å². The van der Waals surface area contributed by atoms with E-state index >= 15 is 0 Å². The highest BCUT2D eigenvalue weighted by atomic mass is 79.9. The second kappa shape index (κ2) is 5.57. The van der Waals surface area contributed by atoms with Gasteiger partial charge in [-0.25, -0.2) is 4.98 Å². The van der Waals surface area contributed by atoms with E-state index in [9.17, 15) is 5.11 Å². The molecule has 3 nitrogen and oxygen atoms in total. The summed E-state index contributed by atoms with van der Waals surface area (Å²) < 4.78 is 1.77. The maximum absolute atomic E-state index is 10.3. The largest absolute Gasteiger partial charge is 0.384 e. The molecule has 94 valence electrons. The van der Waals surface area contributed by atoms with Gasteiger partial charge in [0, 0.05) is 20.7 Å². The number of halogens is 3. The molecule has 0 aliphatic heterocycles. The molecule has 1 aromatic carbocycles. The summed E-state index contributed by atoms with van der Waals surface area (Å²) in [5.41, 5.74) is 6.95. The number of nitrogens with zero attached hydrogens (tertiary/aromatic N) is 1. The summed E-state index contributed by atoms with van der Waals surface area (Å²) in [6, 6.07) is 7.08. The van der Waals surface area contributed by atoms with Gasteiger partial charge in [-0.1, -0.05) is 17.7 Å². The van der Waals surface area contributed by atoms with Crippen molar-refractivity contribution in [3.63, 3.8) is 0 Å². The van der Waals surface area contributed by atoms with Crippen molar-refractivity contribution < 1.29 is 5.11 Å². The van der Waals surface area contributed by atoms with E-state index in [1.54, 1.807) is 12.1 Å². The minimum absolute atomic E-state index is 0.269. The number of hydrogen-bond acceptors (Lipinski definition) is 3. The first kappa shape index (κ1) is 13.8. The lowest BCUT2D eigenvalue weighted by Crippen LogP contribution is -2.05. The van der Waals surface area contributed by atoms with Crippen molar-refractivity contribution in [3.05, 3.63) is 55.6 Å². The number of nitrogens with two attached hydrogens (primary N) is 1. The standard InChI is InChI=1S/C12H9Br2ClN2O/c13-9-2-1-6(3-10(9)14)11(18)8-4-7(15)5-17-12(8)16/h1-5,11,18H,(H2,16,17). The van der Waals surface area contributed by atoms with Crippen LogP contribution in [0, 0.1) is 0 Å². The highest BCUT2D eigenvalue weighted by Gasteiger charge is 2.15. The molecule has 1 atom stereocenters. The Kier molecular flexibility index (Phi) is 4.27. The van der Waals surface area contributed by atoms with Gasteiger partial charge in [0.05, 0.1) is 5.02 Å². The van der Waals surface area contributed by atoms with E-state index < -0.39 is 6.10 Å². The monoisotopic (exact) mass is 390 g/mol. The molecule has 3 N–H and O–H groups in total. The van der Waals surface area contributed by atoms with Gasteiger partial charge in [0.15, 0.2) is 0 Å². The van der Waals surface area contributed by atoms with Crippen molar-refractivity contribution in [3.8, 4) is 0 Å². The van der Waals surface area contributed by atoms with Gasteiger partial charge >= 0.3 is 0 Å². The summed E-state index contributed by atoms with van der Waals surface area (Å²) in [4.78, 5) is 3.93. The third-order valence-electron chi connectivity index (χ3n) is 2.47. The second-order valence-corrected chi connectivity index (χ2v) is 5.85. The van der Waals surface area contributed by atoms with Crippen LogP contribution in [0.15, 0.2) is 39.4 Å². The molecule has 1 heterocycles. The molecule has 1 aromatic heterocycles. The van der Waals surface area contributed by atoms with Gasteiger partial charge < -0.3 is 10.8 Å². The SMILES string of the molecule is Nc1ncc(Cl)cc1C(O)c1ccc(Br)c(Br)c1. The van der Waals surface area contributed by atoms with E-state index in [0.29, 0.717) is 16.1 Å². The number of pyridine rings is 1. The number of hydrogen-bond donors (Lipinski definition) is 2. The number of aliphatic hydroxyl groups excluding tert-OH is 1. The Morgan fingerprint density at radius 3 is 2.61 bits per heavy atom. The molecular weight excluding hydrogens is 383 g/mol. The first-order chi connectivity index (χ1) is 8.49. The Labute approximate surface area is 126 Å². The normalized spacial score (nSPS) is 12.4. The predicted octanol–water partition coefficient (Wildman–Crippen LogP) is 3.92. The number of aliphatic hydroxyl groups is 1. The van der Waals surface area contributed by atoms with Gasteiger partial charge in [-0.05, 0) is 55.6 Å². The molecule has 0 fully saturated rings. The topological polar surface area (TPSA) is 59.1 Å². The maximum atomic E-state index is 10.3. The Balaban J connectivity index is 2.44. The van der Waals surface area contributed by atoms with Gasteiger partial charge in [0.25, 0.3) is 0 Å². The molecule has 18 heavy (non-hydrogen) atoms. The van der Waals surface area contributed by atoms with Crippen molar-refractivity contribution in [2.45, 2.75) is 6.10 Å². The van der Waals surface area contributed by atoms with Gasteiger partial charge in [-0.15, -0.1) is 0 Å².